The molecule has 3 rings (SSSR count). The molecule has 0 unspecified atom stereocenters. The van der Waals surface area contributed by atoms with E-state index < -0.39 is 0 Å². The van der Waals surface area contributed by atoms with Crippen LogP contribution in [0.2, 0.25) is 0 Å². The molecule has 0 saturated heterocycles. The van der Waals surface area contributed by atoms with E-state index in [0.29, 0.717) is 11.4 Å². The molecule has 5 nitrogen and oxygen atoms in total. The Balaban J connectivity index is 2.01. The highest BCUT2D eigenvalue weighted by Crippen LogP contribution is 2.20. The van der Waals surface area contributed by atoms with Gasteiger partial charge in [-0.1, -0.05) is 54.7 Å². The monoisotopic (exact) mass is 382 g/mol. The van der Waals surface area contributed by atoms with Crippen LogP contribution in [0.1, 0.15) is 25.0 Å². The van der Waals surface area contributed by atoms with Crippen LogP contribution >= 0.6 is 11.3 Å². The van der Waals surface area contributed by atoms with E-state index in [2.05, 4.69) is 18.0 Å². The van der Waals surface area contributed by atoms with Crippen molar-refractivity contribution in [2.45, 2.75) is 33.2 Å². The zero-order valence-corrected chi connectivity index (χ0v) is 16.3. The number of benzene rings is 2. The lowest BCUT2D eigenvalue weighted by molar-refractivity contribution is -0.143. The molecule has 27 heavy (non-hydrogen) atoms. The Bertz CT molecular complexity index is 1020. The highest BCUT2D eigenvalue weighted by Gasteiger charge is 2.13. The third-order valence-corrected chi connectivity index (χ3v) is 5.21. The Morgan fingerprint density at radius 3 is 2.56 bits per heavy atom. The number of esters is 1. The molecule has 0 aliphatic carbocycles. The van der Waals surface area contributed by atoms with Gasteiger partial charge in [0.2, 0.25) is 0 Å². The number of hydrogen-bond donors (Lipinski definition) is 0. The van der Waals surface area contributed by atoms with Crippen LogP contribution in [0.15, 0.2) is 53.5 Å². The van der Waals surface area contributed by atoms with E-state index in [1.165, 1.54) is 16.9 Å². The summed E-state index contributed by atoms with van der Waals surface area (Å²) in [4.78, 5) is 29.3. The molecule has 0 radical (unpaired) electrons. The average Bonchev–Trinajstić information content (AvgIpc) is 2.98. The van der Waals surface area contributed by atoms with E-state index in [1.807, 2.05) is 42.5 Å². The molecule has 1 amide bonds. The third kappa shape index (κ3) is 4.71. The number of nitrogens with zero attached hydrogens (tertiary/aromatic N) is 2. The number of carbonyl (C=O) groups is 2. The predicted molar refractivity (Wildman–Crippen MR) is 107 cm³/mol. The van der Waals surface area contributed by atoms with Crippen molar-refractivity contribution in [1.82, 2.24) is 4.57 Å². The van der Waals surface area contributed by atoms with Gasteiger partial charge in [-0.3, -0.25) is 9.59 Å². The Labute approximate surface area is 161 Å². The van der Waals surface area contributed by atoms with Crippen molar-refractivity contribution in [2.24, 2.45) is 4.99 Å². The van der Waals surface area contributed by atoms with E-state index in [9.17, 15) is 9.59 Å². The summed E-state index contributed by atoms with van der Waals surface area (Å²) in [7, 11) is 0. The summed E-state index contributed by atoms with van der Waals surface area (Å²) in [5, 5.41) is 0. The fourth-order valence-corrected chi connectivity index (χ4v) is 3.94. The first-order valence-corrected chi connectivity index (χ1v) is 9.81. The Morgan fingerprint density at radius 2 is 1.85 bits per heavy atom. The first kappa shape index (κ1) is 19.0. The standard InChI is InChI=1S/C21H22N2O3S/c1-3-15-10-11-17-18(12-15)27-21(23(17)14-20(25)26-4-2)22-19(24)13-16-8-6-5-7-9-16/h5-12H,3-4,13-14H2,1-2H3. The summed E-state index contributed by atoms with van der Waals surface area (Å²) in [6.07, 6.45) is 1.15. The van der Waals surface area contributed by atoms with E-state index >= 15 is 0 Å². The molecule has 6 heteroatoms. The average molecular weight is 382 g/mol. The van der Waals surface area contributed by atoms with Crippen LogP contribution in [0.5, 0.6) is 0 Å². The third-order valence-electron chi connectivity index (χ3n) is 4.17. The largest absolute Gasteiger partial charge is 0.465 e. The summed E-state index contributed by atoms with van der Waals surface area (Å²) >= 11 is 1.42. The Kier molecular flexibility index (Phi) is 6.19. The zero-order valence-electron chi connectivity index (χ0n) is 15.5. The minimum atomic E-state index is -0.339. The lowest BCUT2D eigenvalue weighted by Gasteiger charge is -2.05. The second-order valence-corrected chi connectivity index (χ2v) is 7.11. The lowest BCUT2D eigenvalue weighted by Crippen LogP contribution is -2.23. The van der Waals surface area contributed by atoms with Crippen molar-refractivity contribution >= 4 is 33.4 Å². The molecule has 1 aromatic heterocycles. The summed E-state index contributed by atoms with van der Waals surface area (Å²) in [6, 6.07) is 15.6. The molecule has 140 valence electrons. The Morgan fingerprint density at radius 1 is 1.07 bits per heavy atom. The van der Waals surface area contributed by atoms with Crippen molar-refractivity contribution in [2.75, 3.05) is 6.61 Å². The molecule has 1 heterocycles. The molecule has 0 saturated carbocycles. The van der Waals surface area contributed by atoms with Gasteiger partial charge in [0.25, 0.3) is 5.91 Å². The highest BCUT2D eigenvalue weighted by atomic mass is 32.1. The molecule has 0 aliphatic rings. The van der Waals surface area contributed by atoms with Gasteiger partial charge in [0.05, 0.1) is 23.2 Å². The zero-order chi connectivity index (χ0) is 19.2. The number of aromatic nitrogens is 1. The van der Waals surface area contributed by atoms with E-state index in [1.54, 1.807) is 11.5 Å². The van der Waals surface area contributed by atoms with E-state index in [0.717, 1.165) is 22.2 Å². The lowest BCUT2D eigenvalue weighted by atomic mass is 10.1. The number of aryl methyl sites for hydroxylation is 1. The number of rotatable bonds is 6. The fraction of sp³-hybridized carbons (Fsp3) is 0.286. The molecule has 3 aromatic rings. The highest BCUT2D eigenvalue weighted by molar-refractivity contribution is 7.16. The molecule has 0 fully saturated rings. The molecule has 0 atom stereocenters. The van der Waals surface area contributed by atoms with Crippen molar-refractivity contribution < 1.29 is 14.3 Å². The summed E-state index contributed by atoms with van der Waals surface area (Å²) in [5.74, 6) is -0.574. The van der Waals surface area contributed by atoms with Gasteiger partial charge in [-0.15, -0.1) is 0 Å². The predicted octanol–water partition coefficient (Wildman–Crippen LogP) is 3.50. The van der Waals surface area contributed by atoms with E-state index in [-0.39, 0.29) is 24.8 Å². The van der Waals surface area contributed by atoms with Crippen LogP contribution in [0.4, 0.5) is 0 Å². The van der Waals surface area contributed by atoms with Gasteiger partial charge >= 0.3 is 5.97 Å². The summed E-state index contributed by atoms with van der Waals surface area (Å²) < 4.78 is 7.85. The van der Waals surface area contributed by atoms with E-state index in [4.69, 9.17) is 4.74 Å². The van der Waals surface area contributed by atoms with Crippen LogP contribution in [-0.4, -0.2) is 23.1 Å². The SMILES string of the molecule is CCOC(=O)Cn1c(=NC(=O)Cc2ccccc2)sc2cc(CC)ccc21. The maximum Gasteiger partial charge on any atom is 0.326 e. The number of hydrogen-bond acceptors (Lipinski definition) is 4. The van der Waals surface area contributed by atoms with Crippen LogP contribution in [0.25, 0.3) is 10.2 Å². The van der Waals surface area contributed by atoms with Crippen molar-refractivity contribution in [3.8, 4) is 0 Å². The normalized spacial score (nSPS) is 11.7. The first-order valence-electron chi connectivity index (χ1n) is 9.00. The molecule has 0 bridgehead atoms. The fourth-order valence-electron chi connectivity index (χ4n) is 2.83. The van der Waals surface area contributed by atoms with Gasteiger partial charge in [-0.05, 0) is 36.6 Å². The number of fused-ring (bicyclic) bond motifs is 1. The van der Waals surface area contributed by atoms with Gasteiger partial charge in [-0.2, -0.15) is 4.99 Å². The maximum atomic E-state index is 12.5. The minimum Gasteiger partial charge on any atom is -0.465 e. The van der Waals surface area contributed by atoms with Crippen LogP contribution in [0, 0.1) is 0 Å². The smallest absolute Gasteiger partial charge is 0.326 e. The molecule has 2 aromatic carbocycles. The van der Waals surface area contributed by atoms with Gasteiger partial charge in [0, 0.05) is 0 Å². The maximum absolute atomic E-state index is 12.5. The quantitative estimate of drug-likeness (QED) is 0.613. The number of ether oxygens (including phenoxy) is 1. The Hall–Kier alpha value is -2.73. The second kappa shape index (κ2) is 8.77. The molecular formula is C21H22N2O3S. The number of thiazole rings is 1. The topological polar surface area (TPSA) is 60.7 Å². The molecule has 0 aliphatic heterocycles. The summed E-state index contributed by atoms with van der Waals surface area (Å²) in [6.45, 7) is 4.23. The van der Waals surface area contributed by atoms with Crippen LogP contribution < -0.4 is 4.80 Å². The van der Waals surface area contributed by atoms with Crippen molar-refractivity contribution in [3.05, 3.63) is 64.5 Å². The summed E-state index contributed by atoms with van der Waals surface area (Å²) in [5.41, 5.74) is 3.00. The van der Waals surface area contributed by atoms with Gasteiger partial charge < -0.3 is 9.30 Å². The van der Waals surface area contributed by atoms with Crippen LogP contribution in [0.3, 0.4) is 0 Å². The molecular weight excluding hydrogens is 360 g/mol. The van der Waals surface area contributed by atoms with Crippen molar-refractivity contribution in [1.29, 1.82) is 0 Å². The van der Waals surface area contributed by atoms with Crippen molar-refractivity contribution in [3.63, 3.8) is 0 Å². The van der Waals surface area contributed by atoms with Crippen LogP contribution in [-0.2, 0) is 33.7 Å². The van der Waals surface area contributed by atoms with Gasteiger partial charge in [-0.25, -0.2) is 0 Å². The molecule has 0 N–H and O–H groups in total. The second-order valence-electron chi connectivity index (χ2n) is 6.10. The number of amides is 1. The molecule has 0 spiro atoms. The number of carbonyl (C=O) groups excluding carboxylic acids is 2. The van der Waals surface area contributed by atoms with Gasteiger partial charge in [0.15, 0.2) is 4.80 Å². The first-order chi connectivity index (χ1) is 13.1. The minimum absolute atomic E-state index is 0.0385. The van der Waals surface area contributed by atoms with Gasteiger partial charge in [0.1, 0.15) is 6.54 Å².